The smallest absolute Gasteiger partial charge is 0.197 e. The number of carbonyl (C=O) groups excluding carboxylic acids is 1. The summed E-state index contributed by atoms with van der Waals surface area (Å²) in [4.78, 5) is 13.0. The van der Waals surface area contributed by atoms with Crippen molar-refractivity contribution >= 4 is 17.1 Å². The summed E-state index contributed by atoms with van der Waals surface area (Å²) in [6, 6.07) is 5.66. The van der Waals surface area contributed by atoms with Crippen LogP contribution in [0.25, 0.3) is 0 Å². The first kappa shape index (κ1) is 13.0. The minimum absolute atomic E-state index is 0.179. The highest BCUT2D eigenvalue weighted by atomic mass is 32.1. The number of aryl methyl sites for hydroxylation is 1. The van der Waals surface area contributed by atoms with Crippen molar-refractivity contribution < 1.29 is 4.79 Å². The minimum Gasteiger partial charge on any atom is -0.313 e. The van der Waals surface area contributed by atoms with Crippen LogP contribution in [-0.4, -0.2) is 20.5 Å². The van der Waals surface area contributed by atoms with Crippen LogP contribution in [0, 0.1) is 11.3 Å². The zero-order valence-corrected chi connectivity index (χ0v) is 11.8. The van der Waals surface area contributed by atoms with Gasteiger partial charge in [0.1, 0.15) is 5.82 Å². The lowest BCUT2D eigenvalue weighted by Crippen LogP contribution is -2.16. The first-order chi connectivity index (χ1) is 9.81. The lowest BCUT2D eigenvalue weighted by molar-refractivity contribution is 0.0978. The number of hydrogen-bond donors (Lipinski definition) is 0. The van der Waals surface area contributed by atoms with E-state index >= 15 is 0 Å². The molecule has 3 heterocycles. The van der Waals surface area contributed by atoms with Gasteiger partial charge in [0.25, 0.3) is 0 Å². The van der Waals surface area contributed by atoms with Crippen molar-refractivity contribution in [1.82, 2.24) is 14.8 Å². The summed E-state index contributed by atoms with van der Waals surface area (Å²) < 4.78 is 1.96. The highest BCUT2D eigenvalue weighted by Crippen LogP contribution is 2.24. The molecule has 20 heavy (non-hydrogen) atoms. The van der Waals surface area contributed by atoms with Crippen molar-refractivity contribution in [2.45, 2.75) is 38.1 Å². The summed E-state index contributed by atoms with van der Waals surface area (Å²) in [5, 5.41) is 19.5. The number of rotatable bonds is 3. The van der Waals surface area contributed by atoms with E-state index in [1.807, 2.05) is 16.0 Å². The molecular formula is C14H14N4OS. The predicted octanol–water partition coefficient (Wildman–Crippen LogP) is 2.56. The zero-order chi connectivity index (χ0) is 13.9. The number of nitrogens with zero attached hydrogens (tertiary/aromatic N) is 4. The molecule has 6 heteroatoms. The second-order valence-electron chi connectivity index (χ2n) is 4.84. The number of fused-ring (bicyclic) bond motifs is 1. The van der Waals surface area contributed by atoms with Crippen LogP contribution in [0.3, 0.4) is 0 Å². The molecule has 0 N–H and O–H groups in total. The van der Waals surface area contributed by atoms with E-state index in [-0.39, 0.29) is 5.78 Å². The molecule has 3 rings (SSSR count). The van der Waals surface area contributed by atoms with Crippen LogP contribution >= 0.6 is 11.3 Å². The van der Waals surface area contributed by atoms with Crippen LogP contribution in [0.2, 0.25) is 0 Å². The first-order valence-electron chi connectivity index (χ1n) is 6.70. The highest BCUT2D eigenvalue weighted by molar-refractivity contribution is 7.12. The van der Waals surface area contributed by atoms with Crippen LogP contribution in [0.5, 0.6) is 0 Å². The Hall–Kier alpha value is -2.00. The summed E-state index contributed by atoms with van der Waals surface area (Å²) in [5.41, 5.74) is 0. The molecule has 1 unspecified atom stereocenters. The highest BCUT2D eigenvalue weighted by Gasteiger charge is 2.29. The van der Waals surface area contributed by atoms with Crippen molar-refractivity contribution in [3.63, 3.8) is 0 Å². The summed E-state index contributed by atoms with van der Waals surface area (Å²) in [7, 11) is 0. The molecule has 0 saturated heterocycles. The van der Waals surface area contributed by atoms with Gasteiger partial charge in [-0.05, 0) is 24.3 Å². The van der Waals surface area contributed by atoms with Crippen LogP contribution < -0.4 is 0 Å². The van der Waals surface area contributed by atoms with Crippen LogP contribution in [0.1, 0.15) is 46.5 Å². The quantitative estimate of drug-likeness (QED) is 0.813. The third kappa shape index (κ3) is 2.25. The maximum Gasteiger partial charge on any atom is 0.197 e. The maximum absolute atomic E-state index is 12.4. The normalized spacial score (nSPS) is 15.9. The van der Waals surface area contributed by atoms with Gasteiger partial charge in [-0.15, -0.1) is 21.5 Å². The molecule has 2 aromatic rings. The van der Waals surface area contributed by atoms with Crippen molar-refractivity contribution in [1.29, 1.82) is 5.26 Å². The Bertz CT molecular complexity index is 653. The monoisotopic (exact) mass is 286 g/mol. The van der Waals surface area contributed by atoms with Crippen molar-refractivity contribution in [2.75, 3.05) is 0 Å². The topological polar surface area (TPSA) is 71.6 Å². The fourth-order valence-electron chi connectivity index (χ4n) is 2.52. The molecule has 0 amide bonds. The molecule has 0 radical (unpaired) electrons. The molecule has 2 aromatic heterocycles. The van der Waals surface area contributed by atoms with Crippen molar-refractivity contribution in [3.8, 4) is 6.07 Å². The second kappa shape index (κ2) is 5.55. The molecule has 5 nitrogen and oxygen atoms in total. The number of aromatic nitrogens is 3. The van der Waals surface area contributed by atoms with E-state index in [0.717, 1.165) is 38.1 Å². The van der Waals surface area contributed by atoms with Gasteiger partial charge in [0, 0.05) is 13.0 Å². The molecule has 0 saturated carbocycles. The standard InChI is InChI=1S/C14H14N4OS/c15-9-10(13(19)11-5-4-8-20-11)14-17-16-12-6-2-1-3-7-18(12)14/h4-5,8,10H,1-3,6-7H2. The minimum atomic E-state index is -0.854. The second-order valence-corrected chi connectivity index (χ2v) is 5.79. The fraction of sp³-hybridized carbons (Fsp3) is 0.429. The van der Waals surface area contributed by atoms with E-state index in [4.69, 9.17) is 0 Å². The van der Waals surface area contributed by atoms with Gasteiger partial charge >= 0.3 is 0 Å². The fourth-order valence-corrected chi connectivity index (χ4v) is 3.21. The lowest BCUT2D eigenvalue weighted by atomic mass is 10.0. The average Bonchev–Trinajstić information content (AvgIpc) is 3.06. The molecule has 1 aliphatic heterocycles. The van der Waals surface area contributed by atoms with E-state index in [0.29, 0.717) is 10.7 Å². The van der Waals surface area contributed by atoms with E-state index in [1.54, 1.807) is 6.07 Å². The predicted molar refractivity (Wildman–Crippen MR) is 74.6 cm³/mol. The Morgan fingerprint density at radius 1 is 1.40 bits per heavy atom. The van der Waals surface area contributed by atoms with Gasteiger partial charge in [0.05, 0.1) is 10.9 Å². The Kier molecular flexibility index (Phi) is 3.61. The number of nitriles is 1. The maximum atomic E-state index is 12.4. The van der Waals surface area contributed by atoms with E-state index in [9.17, 15) is 10.1 Å². The van der Waals surface area contributed by atoms with Gasteiger partial charge in [-0.2, -0.15) is 5.26 Å². The first-order valence-corrected chi connectivity index (χ1v) is 7.58. The zero-order valence-electron chi connectivity index (χ0n) is 11.0. The van der Waals surface area contributed by atoms with Gasteiger partial charge in [0.15, 0.2) is 17.5 Å². The summed E-state index contributed by atoms with van der Waals surface area (Å²) >= 11 is 1.36. The Morgan fingerprint density at radius 2 is 2.30 bits per heavy atom. The van der Waals surface area contributed by atoms with Gasteiger partial charge in [-0.1, -0.05) is 12.5 Å². The molecule has 102 valence electrons. The van der Waals surface area contributed by atoms with Crippen LogP contribution in [-0.2, 0) is 13.0 Å². The summed E-state index contributed by atoms with van der Waals surface area (Å²) in [5.74, 6) is 0.370. The van der Waals surface area contributed by atoms with E-state index < -0.39 is 5.92 Å². The van der Waals surface area contributed by atoms with E-state index in [1.165, 1.54) is 11.3 Å². The van der Waals surface area contributed by atoms with Crippen LogP contribution in [0.15, 0.2) is 17.5 Å². The average molecular weight is 286 g/mol. The van der Waals surface area contributed by atoms with Gasteiger partial charge in [0.2, 0.25) is 0 Å². The Labute approximate surface area is 120 Å². The molecule has 0 aromatic carbocycles. The number of Topliss-reactive ketones (excluding diaryl/α,β-unsaturated/α-hetero) is 1. The number of hydrogen-bond acceptors (Lipinski definition) is 5. The molecule has 1 aliphatic rings. The molecule has 0 aliphatic carbocycles. The molecule has 0 fully saturated rings. The molecule has 0 bridgehead atoms. The number of thiophene rings is 1. The van der Waals surface area contributed by atoms with Crippen LogP contribution in [0.4, 0.5) is 0 Å². The summed E-state index contributed by atoms with van der Waals surface area (Å²) in [6.45, 7) is 0.799. The SMILES string of the molecule is N#CC(C(=O)c1cccs1)c1nnc2n1CCCCC2. The molecule has 0 spiro atoms. The van der Waals surface area contributed by atoms with Crippen molar-refractivity contribution in [2.24, 2.45) is 0 Å². The van der Waals surface area contributed by atoms with E-state index in [2.05, 4.69) is 16.3 Å². The third-order valence-corrected chi connectivity index (χ3v) is 4.44. The van der Waals surface area contributed by atoms with Gasteiger partial charge in [-0.25, -0.2) is 0 Å². The van der Waals surface area contributed by atoms with Gasteiger partial charge in [-0.3, -0.25) is 4.79 Å². The third-order valence-electron chi connectivity index (χ3n) is 3.55. The number of ketones is 1. The molecule has 1 atom stereocenters. The lowest BCUT2D eigenvalue weighted by Gasteiger charge is -2.10. The van der Waals surface area contributed by atoms with Gasteiger partial charge < -0.3 is 4.57 Å². The summed E-state index contributed by atoms with van der Waals surface area (Å²) in [6.07, 6.45) is 4.16. The van der Waals surface area contributed by atoms with Crippen molar-refractivity contribution in [3.05, 3.63) is 34.0 Å². The Balaban J connectivity index is 1.96. The molecular weight excluding hydrogens is 272 g/mol. The number of carbonyl (C=O) groups is 1. The Morgan fingerprint density at radius 3 is 3.05 bits per heavy atom. The largest absolute Gasteiger partial charge is 0.313 e.